The van der Waals surface area contributed by atoms with E-state index >= 15 is 0 Å². The smallest absolute Gasteiger partial charge is 0.238 e. The number of amides is 1. The monoisotopic (exact) mass is 280 g/mol. The van der Waals surface area contributed by atoms with E-state index in [-0.39, 0.29) is 16.7 Å². The lowest BCUT2D eigenvalue weighted by atomic mass is 10.1. The third-order valence-electron chi connectivity index (χ3n) is 2.12. The first-order valence-corrected chi connectivity index (χ1v) is 5.91. The van der Waals surface area contributed by atoms with E-state index in [1.807, 2.05) is 19.9 Å². The SMILES string of the molecule is CC(C)C(Br)C(=O)Nc1ccc(C#N)cc1. The molecule has 1 rings (SSSR count). The van der Waals surface area contributed by atoms with Crippen molar-refractivity contribution in [1.29, 1.82) is 5.26 Å². The summed E-state index contributed by atoms with van der Waals surface area (Å²) in [4.78, 5) is 11.5. The van der Waals surface area contributed by atoms with Gasteiger partial charge in [-0.1, -0.05) is 29.8 Å². The van der Waals surface area contributed by atoms with Gasteiger partial charge < -0.3 is 5.32 Å². The predicted octanol–water partition coefficient (Wildman–Crippen LogP) is 2.92. The second-order valence-corrected chi connectivity index (χ2v) is 4.81. The van der Waals surface area contributed by atoms with Crippen molar-refractivity contribution in [3.8, 4) is 6.07 Å². The van der Waals surface area contributed by atoms with Crippen molar-refractivity contribution >= 4 is 27.5 Å². The number of nitrogens with zero attached hydrogens (tertiary/aromatic N) is 1. The van der Waals surface area contributed by atoms with Crippen LogP contribution in [0.15, 0.2) is 24.3 Å². The van der Waals surface area contributed by atoms with Crippen molar-refractivity contribution < 1.29 is 4.79 Å². The van der Waals surface area contributed by atoms with Gasteiger partial charge in [-0.2, -0.15) is 5.26 Å². The molecule has 0 saturated carbocycles. The topological polar surface area (TPSA) is 52.9 Å². The number of nitriles is 1. The number of rotatable bonds is 3. The first-order valence-electron chi connectivity index (χ1n) is 4.99. The van der Waals surface area contributed by atoms with Crippen LogP contribution in [-0.4, -0.2) is 10.7 Å². The third-order valence-corrected chi connectivity index (χ3v) is 3.59. The van der Waals surface area contributed by atoms with Crippen LogP contribution in [-0.2, 0) is 4.79 Å². The molecule has 1 amide bonds. The van der Waals surface area contributed by atoms with E-state index in [0.717, 1.165) is 0 Å². The second-order valence-electron chi connectivity index (χ2n) is 3.82. The Labute approximate surface area is 104 Å². The Balaban J connectivity index is 2.67. The first kappa shape index (κ1) is 12.7. The van der Waals surface area contributed by atoms with Gasteiger partial charge in [-0.15, -0.1) is 0 Å². The van der Waals surface area contributed by atoms with Gasteiger partial charge in [0.15, 0.2) is 0 Å². The highest BCUT2D eigenvalue weighted by molar-refractivity contribution is 9.10. The van der Waals surface area contributed by atoms with Crippen molar-refractivity contribution in [2.75, 3.05) is 5.32 Å². The number of benzene rings is 1. The van der Waals surface area contributed by atoms with Crippen LogP contribution in [0, 0.1) is 17.2 Å². The molecule has 84 valence electrons. The maximum Gasteiger partial charge on any atom is 0.238 e. The average molecular weight is 281 g/mol. The van der Waals surface area contributed by atoms with Crippen LogP contribution in [0.25, 0.3) is 0 Å². The number of carbonyl (C=O) groups excluding carboxylic acids is 1. The van der Waals surface area contributed by atoms with E-state index in [1.54, 1.807) is 24.3 Å². The molecule has 0 aromatic heterocycles. The number of alkyl halides is 1. The molecule has 1 aromatic carbocycles. The molecule has 1 atom stereocenters. The highest BCUT2D eigenvalue weighted by Gasteiger charge is 2.18. The highest BCUT2D eigenvalue weighted by Crippen LogP contribution is 2.15. The Kier molecular flexibility index (Phi) is 4.51. The molecular formula is C12H13BrN2O. The van der Waals surface area contributed by atoms with Gasteiger partial charge in [0.05, 0.1) is 16.5 Å². The minimum Gasteiger partial charge on any atom is -0.325 e. The van der Waals surface area contributed by atoms with E-state index in [0.29, 0.717) is 11.3 Å². The molecule has 0 aliphatic heterocycles. The van der Waals surface area contributed by atoms with Gasteiger partial charge in [0, 0.05) is 5.69 Å². The van der Waals surface area contributed by atoms with Crippen LogP contribution in [0.3, 0.4) is 0 Å². The molecule has 1 aromatic rings. The van der Waals surface area contributed by atoms with Gasteiger partial charge in [0.25, 0.3) is 0 Å². The normalized spacial score (nSPS) is 11.9. The molecule has 0 saturated heterocycles. The van der Waals surface area contributed by atoms with Crippen molar-refractivity contribution in [1.82, 2.24) is 0 Å². The lowest BCUT2D eigenvalue weighted by Gasteiger charge is -2.13. The molecule has 0 aliphatic carbocycles. The van der Waals surface area contributed by atoms with Crippen LogP contribution >= 0.6 is 15.9 Å². The van der Waals surface area contributed by atoms with Crippen molar-refractivity contribution in [3.63, 3.8) is 0 Å². The molecule has 0 radical (unpaired) electrons. The summed E-state index contributed by atoms with van der Waals surface area (Å²) in [7, 11) is 0. The fraction of sp³-hybridized carbons (Fsp3) is 0.333. The largest absolute Gasteiger partial charge is 0.325 e. The molecule has 0 heterocycles. The van der Waals surface area contributed by atoms with Gasteiger partial charge >= 0.3 is 0 Å². The Morgan fingerprint density at radius 2 is 1.94 bits per heavy atom. The van der Waals surface area contributed by atoms with E-state index in [1.165, 1.54) is 0 Å². The van der Waals surface area contributed by atoms with Crippen LogP contribution in [0.1, 0.15) is 19.4 Å². The maximum atomic E-state index is 11.7. The van der Waals surface area contributed by atoms with E-state index in [9.17, 15) is 4.79 Å². The minimum atomic E-state index is -0.205. The predicted molar refractivity (Wildman–Crippen MR) is 67.3 cm³/mol. The number of halogens is 1. The fourth-order valence-corrected chi connectivity index (χ4v) is 1.26. The molecule has 16 heavy (non-hydrogen) atoms. The average Bonchev–Trinajstić information content (AvgIpc) is 2.28. The molecule has 4 heteroatoms. The number of carbonyl (C=O) groups is 1. The van der Waals surface area contributed by atoms with Crippen molar-refractivity contribution in [2.45, 2.75) is 18.7 Å². The zero-order valence-corrected chi connectivity index (χ0v) is 10.8. The zero-order chi connectivity index (χ0) is 12.1. The van der Waals surface area contributed by atoms with Crippen LogP contribution < -0.4 is 5.32 Å². The van der Waals surface area contributed by atoms with Gasteiger partial charge in [0.1, 0.15) is 0 Å². The summed E-state index contributed by atoms with van der Waals surface area (Å²) in [6, 6.07) is 8.81. The lowest BCUT2D eigenvalue weighted by Crippen LogP contribution is -2.26. The van der Waals surface area contributed by atoms with Crippen LogP contribution in [0.2, 0.25) is 0 Å². The van der Waals surface area contributed by atoms with E-state index in [4.69, 9.17) is 5.26 Å². The van der Waals surface area contributed by atoms with Gasteiger partial charge in [-0.25, -0.2) is 0 Å². The molecule has 0 bridgehead atoms. The lowest BCUT2D eigenvalue weighted by molar-refractivity contribution is -0.116. The summed E-state index contributed by atoms with van der Waals surface area (Å²) in [5.41, 5.74) is 1.28. The van der Waals surface area contributed by atoms with Crippen LogP contribution in [0.5, 0.6) is 0 Å². The maximum absolute atomic E-state index is 11.7. The second kappa shape index (κ2) is 5.66. The fourth-order valence-electron chi connectivity index (χ4n) is 1.14. The molecule has 0 aliphatic rings. The summed E-state index contributed by atoms with van der Waals surface area (Å²) in [5.74, 6) is 0.165. The molecular weight excluding hydrogens is 268 g/mol. The molecule has 0 spiro atoms. The van der Waals surface area contributed by atoms with E-state index < -0.39 is 0 Å². The number of anilines is 1. The Morgan fingerprint density at radius 1 is 1.38 bits per heavy atom. The Bertz CT molecular complexity index is 406. The van der Waals surface area contributed by atoms with Gasteiger partial charge in [0.2, 0.25) is 5.91 Å². The van der Waals surface area contributed by atoms with Crippen molar-refractivity contribution in [2.24, 2.45) is 5.92 Å². The Morgan fingerprint density at radius 3 is 2.38 bits per heavy atom. The molecule has 1 unspecified atom stereocenters. The molecule has 0 fully saturated rings. The quantitative estimate of drug-likeness (QED) is 0.866. The summed E-state index contributed by atoms with van der Waals surface area (Å²) < 4.78 is 0. The zero-order valence-electron chi connectivity index (χ0n) is 9.20. The van der Waals surface area contributed by atoms with Gasteiger partial charge in [-0.05, 0) is 30.2 Å². The van der Waals surface area contributed by atoms with Crippen LogP contribution in [0.4, 0.5) is 5.69 Å². The summed E-state index contributed by atoms with van der Waals surface area (Å²) in [6.45, 7) is 3.94. The van der Waals surface area contributed by atoms with Gasteiger partial charge in [-0.3, -0.25) is 4.79 Å². The highest BCUT2D eigenvalue weighted by atomic mass is 79.9. The summed E-state index contributed by atoms with van der Waals surface area (Å²) >= 11 is 3.33. The number of hydrogen-bond donors (Lipinski definition) is 1. The standard InChI is InChI=1S/C12H13BrN2O/c1-8(2)11(13)12(16)15-10-5-3-9(7-14)4-6-10/h3-6,8,11H,1-2H3,(H,15,16). The Hall–Kier alpha value is -1.34. The molecule has 3 nitrogen and oxygen atoms in total. The molecule has 1 N–H and O–H groups in total. The minimum absolute atomic E-state index is 0.0697. The first-order chi connectivity index (χ1) is 7.54. The summed E-state index contributed by atoms with van der Waals surface area (Å²) in [5, 5.41) is 11.4. The van der Waals surface area contributed by atoms with E-state index in [2.05, 4.69) is 21.2 Å². The summed E-state index contributed by atoms with van der Waals surface area (Å²) in [6.07, 6.45) is 0. The van der Waals surface area contributed by atoms with Crippen molar-refractivity contribution in [3.05, 3.63) is 29.8 Å². The number of nitrogens with one attached hydrogen (secondary N) is 1. The number of hydrogen-bond acceptors (Lipinski definition) is 2. The third kappa shape index (κ3) is 3.35.